The van der Waals surface area contributed by atoms with Gasteiger partial charge in [-0.1, -0.05) is 24.3 Å². The first-order valence-corrected chi connectivity index (χ1v) is 11.8. The standard InChI is InChI=1S/C21H24FN3O5S/c22-17-7-3-4-8-18(17)31(29,30)24-13-11-23(12-14-24)19(26)9-10-25-20(27)15-5-1-2-6-16(15)21(25)28/h1-4,7-8,15-16H,5-6,9-14H2. The molecule has 0 radical (unpaired) electrons. The minimum absolute atomic E-state index is 0.00438. The summed E-state index contributed by atoms with van der Waals surface area (Å²) < 4.78 is 40.5. The highest BCUT2D eigenvalue weighted by atomic mass is 32.2. The summed E-state index contributed by atoms with van der Waals surface area (Å²) in [6, 6.07) is 5.20. The van der Waals surface area contributed by atoms with Gasteiger partial charge in [0.2, 0.25) is 27.7 Å². The Labute approximate surface area is 180 Å². The van der Waals surface area contributed by atoms with Crippen molar-refractivity contribution in [2.24, 2.45) is 11.8 Å². The average Bonchev–Trinajstić information content (AvgIpc) is 3.02. The molecule has 8 nitrogen and oxygen atoms in total. The molecule has 31 heavy (non-hydrogen) atoms. The number of benzene rings is 1. The molecule has 2 saturated heterocycles. The van der Waals surface area contributed by atoms with Gasteiger partial charge in [-0.05, 0) is 25.0 Å². The van der Waals surface area contributed by atoms with Gasteiger partial charge >= 0.3 is 0 Å². The summed E-state index contributed by atoms with van der Waals surface area (Å²) in [5, 5.41) is 0. The van der Waals surface area contributed by atoms with Crippen molar-refractivity contribution in [1.82, 2.24) is 14.1 Å². The predicted molar refractivity (Wildman–Crippen MR) is 108 cm³/mol. The molecule has 3 amide bonds. The Morgan fingerprint density at radius 1 is 0.968 bits per heavy atom. The molecule has 2 fully saturated rings. The molecule has 0 bridgehead atoms. The Hall–Kier alpha value is -2.59. The Balaban J connectivity index is 1.31. The number of fused-ring (bicyclic) bond motifs is 1. The number of sulfonamides is 1. The number of imide groups is 1. The SMILES string of the molecule is O=C(CCN1C(=O)C2CC=CCC2C1=O)N1CCN(S(=O)(=O)c2ccccc2F)CC1. The molecule has 0 N–H and O–H groups in total. The van der Waals surface area contributed by atoms with Crippen molar-refractivity contribution >= 4 is 27.7 Å². The van der Waals surface area contributed by atoms with E-state index < -0.39 is 15.8 Å². The van der Waals surface area contributed by atoms with Crippen LogP contribution < -0.4 is 0 Å². The number of hydrogen-bond donors (Lipinski definition) is 0. The van der Waals surface area contributed by atoms with Gasteiger partial charge in [0.05, 0.1) is 11.8 Å². The van der Waals surface area contributed by atoms with Gasteiger partial charge in [0, 0.05) is 39.1 Å². The van der Waals surface area contributed by atoms with E-state index in [2.05, 4.69) is 0 Å². The molecule has 2 heterocycles. The first kappa shape index (κ1) is 21.6. The normalized spacial score (nSPS) is 24.5. The number of carbonyl (C=O) groups is 3. The van der Waals surface area contributed by atoms with Crippen LogP contribution in [0.1, 0.15) is 19.3 Å². The quantitative estimate of drug-likeness (QED) is 0.494. The molecule has 166 valence electrons. The fourth-order valence-electron chi connectivity index (χ4n) is 4.43. The van der Waals surface area contributed by atoms with Gasteiger partial charge in [-0.15, -0.1) is 0 Å². The van der Waals surface area contributed by atoms with E-state index in [0.29, 0.717) is 12.8 Å². The minimum Gasteiger partial charge on any atom is -0.340 e. The smallest absolute Gasteiger partial charge is 0.246 e. The first-order valence-electron chi connectivity index (χ1n) is 10.3. The van der Waals surface area contributed by atoms with Gasteiger partial charge in [-0.25, -0.2) is 12.8 Å². The molecule has 2 unspecified atom stereocenters. The largest absolute Gasteiger partial charge is 0.340 e. The second kappa shape index (κ2) is 8.51. The van der Waals surface area contributed by atoms with Crippen LogP contribution in [0, 0.1) is 17.7 Å². The molecule has 1 aromatic carbocycles. The molecule has 3 aliphatic rings. The second-order valence-corrected chi connectivity index (χ2v) is 9.86. The number of rotatable bonds is 5. The van der Waals surface area contributed by atoms with E-state index in [0.717, 1.165) is 6.07 Å². The highest BCUT2D eigenvalue weighted by Crippen LogP contribution is 2.35. The maximum Gasteiger partial charge on any atom is 0.246 e. The predicted octanol–water partition coefficient (Wildman–Crippen LogP) is 1.000. The number of piperazine rings is 1. The Kier molecular flexibility index (Phi) is 5.94. The first-order chi connectivity index (χ1) is 14.8. The van der Waals surface area contributed by atoms with Gasteiger partial charge < -0.3 is 4.90 Å². The van der Waals surface area contributed by atoms with Gasteiger partial charge in [0.15, 0.2) is 0 Å². The van der Waals surface area contributed by atoms with Crippen LogP contribution in [0.2, 0.25) is 0 Å². The highest BCUT2D eigenvalue weighted by molar-refractivity contribution is 7.89. The summed E-state index contributed by atoms with van der Waals surface area (Å²) in [7, 11) is -3.98. The maximum absolute atomic E-state index is 13.9. The molecule has 1 aliphatic carbocycles. The monoisotopic (exact) mass is 449 g/mol. The molecule has 10 heteroatoms. The van der Waals surface area contributed by atoms with E-state index in [9.17, 15) is 27.2 Å². The lowest BCUT2D eigenvalue weighted by molar-refractivity contribution is -0.141. The molecule has 0 spiro atoms. The van der Waals surface area contributed by atoms with Crippen molar-refractivity contribution in [1.29, 1.82) is 0 Å². The van der Waals surface area contributed by atoms with Crippen LogP contribution in [0.3, 0.4) is 0 Å². The van der Waals surface area contributed by atoms with Crippen LogP contribution >= 0.6 is 0 Å². The molecule has 0 saturated carbocycles. The van der Waals surface area contributed by atoms with Crippen molar-refractivity contribution in [3.63, 3.8) is 0 Å². The fourth-order valence-corrected chi connectivity index (χ4v) is 5.91. The molecule has 0 aromatic heterocycles. The van der Waals surface area contributed by atoms with Crippen LogP contribution in [0.15, 0.2) is 41.3 Å². The van der Waals surface area contributed by atoms with Crippen molar-refractivity contribution in [2.45, 2.75) is 24.2 Å². The zero-order valence-corrected chi connectivity index (χ0v) is 17.8. The third-order valence-corrected chi connectivity index (χ3v) is 8.13. The number of carbonyl (C=O) groups excluding carboxylic acids is 3. The lowest BCUT2D eigenvalue weighted by atomic mass is 9.85. The van der Waals surface area contributed by atoms with E-state index in [-0.39, 0.29) is 73.6 Å². The van der Waals surface area contributed by atoms with Gasteiger partial charge in [-0.2, -0.15) is 4.31 Å². The van der Waals surface area contributed by atoms with E-state index in [1.54, 1.807) is 0 Å². The van der Waals surface area contributed by atoms with Crippen molar-refractivity contribution < 1.29 is 27.2 Å². The maximum atomic E-state index is 13.9. The van der Waals surface area contributed by atoms with Crippen LogP contribution in [-0.4, -0.2) is 73.0 Å². The van der Waals surface area contributed by atoms with Crippen LogP contribution in [-0.2, 0) is 24.4 Å². The topological polar surface area (TPSA) is 95.1 Å². The third-order valence-electron chi connectivity index (χ3n) is 6.19. The number of nitrogens with zero attached hydrogens (tertiary/aromatic N) is 3. The fraction of sp³-hybridized carbons (Fsp3) is 0.476. The molecular weight excluding hydrogens is 425 g/mol. The van der Waals surface area contributed by atoms with Crippen molar-refractivity contribution in [3.8, 4) is 0 Å². The average molecular weight is 450 g/mol. The Morgan fingerprint density at radius 3 is 2.13 bits per heavy atom. The summed E-state index contributed by atoms with van der Waals surface area (Å²) in [4.78, 5) is 39.9. The molecule has 2 atom stereocenters. The van der Waals surface area contributed by atoms with Crippen molar-refractivity contribution in [2.75, 3.05) is 32.7 Å². The number of amides is 3. The summed E-state index contributed by atoms with van der Waals surface area (Å²) in [6.07, 6.45) is 4.94. The lowest BCUT2D eigenvalue weighted by Gasteiger charge is -2.34. The summed E-state index contributed by atoms with van der Waals surface area (Å²) in [5.74, 6) is -2.12. The number of hydrogen-bond acceptors (Lipinski definition) is 5. The summed E-state index contributed by atoms with van der Waals surface area (Å²) >= 11 is 0. The zero-order chi connectivity index (χ0) is 22.2. The van der Waals surface area contributed by atoms with Crippen molar-refractivity contribution in [3.05, 3.63) is 42.2 Å². The van der Waals surface area contributed by atoms with E-state index >= 15 is 0 Å². The zero-order valence-electron chi connectivity index (χ0n) is 16.9. The third kappa shape index (κ3) is 4.01. The number of likely N-dealkylation sites (tertiary alicyclic amines) is 1. The molecule has 1 aromatic rings. The molecule has 4 rings (SSSR count). The Bertz CT molecular complexity index is 1010. The molecule has 2 aliphatic heterocycles. The summed E-state index contributed by atoms with van der Waals surface area (Å²) in [5.41, 5.74) is 0. The van der Waals surface area contributed by atoms with Gasteiger partial charge in [-0.3, -0.25) is 19.3 Å². The Morgan fingerprint density at radius 2 is 1.55 bits per heavy atom. The van der Waals surface area contributed by atoms with E-state index in [1.807, 2.05) is 12.2 Å². The van der Waals surface area contributed by atoms with Crippen LogP contribution in [0.4, 0.5) is 4.39 Å². The number of halogens is 1. The minimum atomic E-state index is -3.98. The van der Waals surface area contributed by atoms with Gasteiger partial charge in [0.1, 0.15) is 10.7 Å². The van der Waals surface area contributed by atoms with Crippen LogP contribution in [0.25, 0.3) is 0 Å². The van der Waals surface area contributed by atoms with Crippen LogP contribution in [0.5, 0.6) is 0 Å². The lowest BCUT2D eigenvalue weighted by Crippen LogP contribution is -2.51. The second-order valence-electron chi connectivity index (χ2n) is 7.95. The van der Waals surface area contributed by atoms with E-state index in [1.165, 1.54) is 32.3 Å². The van der Waals surface area contributed by atoms with Gasteiger partial charge in [0.25, 0.3) is 0 Å². The highest BCUT2D eigenvalue weighted by Gasteiger charge is 2.47. The van der Waals surface area contributed by atoms with E-state index in [4.69, 9.17) is 0 Å². The summed E-state index contributed by atoms with van der Waals surface area (Å²) in [6.45, 7) is 0.490. The number of allylic oxidation sites excluding steroid dienone is 2. The molecular formula is C21H24FN3O5S.